The quantitative estimate of drug-likeness (QED) is 0.790. The lowest BCUT2D eigenvalue weighted by Crippen LogP contribution is -2.36. The van der Waals surface area contributed by atoms with Gasteiger partial charge in [0.2, 0.25) is 11.8 Å². The highest BCUT2D eigenvalue weighted by atomic mass is 19.1. The van der Waals surface area contributed by atoms with Crippen molar-refractivity contribution < 1.29 is 23.1 Å². The molecule has 8 heteroatoms. The van der Waals surface area contributed by atoms with Gasteiger partial charge >= 0.3 is 0 Å². The summed E-state index contributed by atoms with van der Waals surface area (Å²) in [6, 6.07) is 5.90. The Hall–Kier alpha value is -3.03. The number of hydrogen-bond acceptors (Lipinski definition) is 4. The van der Waals surface area contributed by atoms with E-state index in [1.54, 1.807) is 18.3 Å². The van der Waals surface area contributed by atoms with Crippen LogP contribution in [0.2, 0.25) is 0 Å². The van der Waals surface area contributed by atoms with Crippen molar-refractivity contribution in [2.24, 2.45) is 0 Å². The molecule has 1 heterocycles. The second kappa shape index (κ2) is 8.89. The van der Waals surface area contributed by atoms with Crippen LogP contribution in [0.1, 0.15) is 29.8 Å². The zero-order valence-electron chi connectivity index (χ0n) is 14.4. The molecule has 2 aromatic rings. The molecule has 2 N–H and O–H groups in total. The Labute approximate surface area is 149 Å². The number of ether oxygens (including phenoxy) is 1. The van der Waals surface area contributed by atoms with E-state index in [9.17, 15) is 18.4 Å². The first-order chi connectivity index (χ1) is 12.3. The summed E-state index contributed by atoms with van der Waals surface area (Å²) in [6.07, 6.45) is 1.59. The standard InChI is InChI=1S/C18H19F2N3O3/c1-11(2)26-17-4-3-12(9-22-17)8-21-16(24)10-23-18(25)13-5-14(19)7-15(20)6-13/h3-7,9,11H,8,10H2,1-2H3,(H,21,24)(H,23,25). The molecule has 0 aliphatic carbocycles. The summed E-state index contributed by atoms with van der Waals surface area (Å²) in [5, 5.41) is 4.91. The van der Waals surface area contributed by atoms with E-state index in [4.69, 9.17) is 4.74 Å². The van der Waals surface area contributed by atoms with Crippen molar-refractivity contribution in [2.75, 3.05) is 6.54 Å². The molecule has 138 valence electrons. The first-order valence-electron chi connectivity index (χ1n) is 7.96. The summed E-state index contributed by atoms with van der Waals surface area (Å²) >= 11 is 0. The molecule has 0 radical (unpaired) electrons. The number of carbonyl (C=O) groups is 2. The molecule has 2 rings (SSSR count). The first-order valence-corrected chi connectivity index (χ1v) is 7.96. The van der Waals surface area contributed by atoms with Gasteiger partial charge in [0.05, 0.1) is 12.6 Å². The molecule has 1 aromatic carbocycles. The van der Waals surface area contributed by atoms with E-state index in [2.05, 4.69) is 15.6 Å². The number of nitrogens with zero attached hydrogens (tertiary/aromatic N) is 1. The van der Waals surface area contributed by atoms with Gasteiger partial charge < -0.3 is 15.4 Å². The van der Waals surface area contributed by atoms with Gasteiger partial charge in [-0.15, -0.1) is 0 Å². The minimum atomic E-state index is -0.864. The Kier molecular flexibility index (Phi) is 6.60. The number of aromatic nitrogens is 1. The van der Waals surface area contributed by atoms with Crippen LogP contribution in [0.25, 0.3) is 0 Å². The molecule has 0 spiro atoms. The van der Waals surface area contributed by atoms with Crippen molar-refractivity contribution in [1.82, 2.24) is 15.6 Å². The van der Waals surface area contributed by atoms with Gasteiger partial charge in [-0.25, -0.2) is 13.8 Å². The second-order valence-electron chi connectivity index (χ2n) is 5.79. The third kappa shape index (κ3) is 6.12. The minimum Gasteiger partial charge on any atom is -0.475 e. The maximum atomic E-state index is 13.1. The van der Waals surface area contributed by atoms with Crippen LogP contribution >= 0.6 is 0 Å². The number of rotatable bonds is 7. The van der Waals surface area contributed by atoms with Gasteiger partial charge in [-0.3, -0.25) is 9.59 Å². The maximum Gasteiger partial charge on any atom is 0.251 e. The van der Waals surface area contributed by atoms with Gasteiger partial charge in [0.25, 0.3) is 5.91 Å². The van der Waals surface area contributed by atoms with Crippen molar-refractivity contribution in [3.8, 4) is 5.88 Å². The highest BCUT2D eigenvalue weighted by Crippen LogP contribution is 2.09. The van der Waals surface area contributed by atoms with E-state index in [-0.39, 0.29) is 24.8 Å². The summed E-state index contributed by atoms with van der Waals surface area (Å²) in [6.45, 7) is 3.68. The average molecular weight is 363 g/mol. The molecule has 2 amide bonds. The van der Waals surface area contributed by atoms with Crippen LogP contribution in [0.5, 0.6) is 5.88 Å². The third-order valence-electron chi connectivity index (χ3n) is 3.18. The lowest BCUT2D eigenvalue weighted by molar-refractivity contribution is -0.120. The van der Waals surface area contributed by atoms with Crippen molar-refractivity contribution in [3.63, 3.8) is 0 Å². The number of hydrogen-bond donors (Lipinski definition) is 2. The summed E-state index contributed by atoms with van der Waals surface area (Å²) in [5.74, 6) is -2.42. The van der Waals surface area contributed by atoms with E-state index >= 15 is 0 Å². The Morgan fingerprint density at radius 1 is 1.12 bits per heavy atom. The molecule has 1 aromatic heterocycles. The fourth-order valence-corrected chi connectivity index (χ4v) is 2.04. The van der Waals surface area contributed by atoms with Gasteiger partial charge in [-0.05, 0) is 31.5 Å². The molecule has 0 unspecified atom stereocenters. The summed E-state index contributed by atoms with van der Waals surface area (Å²) in [5.41, 5.74) is 0.563. The lowest BCUT2D eigenvalue weighted by Gasteiger charge is -2.10. The first kappa shape index (κ1) is 19.3. The van der Waals surface area contributed by atoms with Crippen molar-refractivity contribution in [3.05, 3.63) is 59.3 Å². The van der Waals surface area contributed by atoms with Crippen molar-refractivity contribution in [2.45, 2.75) is 26.5 Å². The van der Waals surface area contributed by atoms with Crippen LogP contribution in [-0.2, 0) is 11.3 Å². The lowest BCUT2D eigenvalue weighted by atomic mass is 10.2. The van der Waals surface area contributed by atoms with Crippen LogP contribution in [0, 0.1) is 11.6 Å². The largest absolute Gasteiger partial charge is 0.475 e. The predicted octanol–water partition coefficient (Wildman–Crippen LogP) is 2.19. The Bertz CT molecular complexity index is 760. The van der Waals surface area contributed by atoms with Crippen LogP contribution in [-0.4, -0.2) is 29.4 Å². The van der Waals surface area contributed by atoms with E-state index in [0.717, 1.165) is 17.7 Å². The number of halogens is 2. The molecule has 0 saturated heterocycles. The number of amides is 2. The van der Waals surface area contributed by atoms with Gasteiger partial charge in [-0.1, -0.05) is 6.07 Å². The normalized spacial score (nSPS) is 10.5. The maximum absolute atomic E-state index is 13.1. The fourth-order valence-electron chi connectivity index (χ4n) is 2.04. The van der Waals surface area contributed by atoms with E-state index in [0.29, 0.717) is 11.9 Å². The predicted molar refractivity (Wildman–Crippen MR) is 90.5 cm³/mol. The molecule has 6 nitrogen and oxygen atoms in total. The van der Waals surface area contributed by atoms with Crippen molar-refractivity contribution in [1.29, 1.82) is 0 Å². The summed E-state index contributed by atoms with van der Waals surface area (Å²) in [7, 11) is 0. The van der Waals surface area contributed by atoms with E-state index < -0.39 is 23.4 Å². The molecule has 0 aliphatic rings. The third-order valence-corrected chi connectivity index (χ3v) is 3.18. The van der Waals surface area contributed by atoms with Crippen LogP contribution in [0.4, 0.5) is 8.78 Å². The van der Waals surface area contributed by atoms with E-state index in [1.165, 1.54) is 0 Å². The molecule has 0 saturated carbocycles. The van der Waals surface area contributed by atoms with Gasteiger partial charge in [0, 0.05) is 30.4 Å². The molecular formula is C18H19F2N3O3. The number of carbonyl (C=O) groups excluding carboxylic acids is 2. The number of pyridine rings is 1. The van der Waals surface area contributed by atoms with Crippen LogP contribution in [0.3, 0.4) is 0 Å². The van der Waals surface area contributed by atoms with Gasteiger partial charge in [0.15, 0.2) is 0 Å². The minimum absolute atomic E-state index is 0.0169. The molecule has 26 heavy (non-hydrogen) atoms. The van der Waals surface area contributed by atoms with Crippen LogP contribution in [0.15, 0.2) is 36.5 Å². The van der Waals surface area contributed by atoms with E-state index in [1.807, 2.05) is 13.8 Å². The zero-order chi connectivity index (χ0) is 19.1. The van der Waals surface area contributed by atoms with Gasteiger partial charge in [0.1, 0.15) is 11.6 Å². The van der Waals surface area contributed by atoms with Gasteiger partial charge in [-0.2, -0.15) is 0 Å². The molecule has 0 aliphatic heterocycles. The molecule has 0 fully saturated rings. The SMILES string of the molecule is CC(C)Oc1ccc(CNC(=O)CNC(=O)c2cc(F)cc(F)c2)cn1. The highest BCUT2D eigenvalue weighted by Gasteiger charge is 2.11. The Morgan fingerprint density at radius 2 is 1.81 bits per heavy atom. The monoisotopic (exact) mass is 363 g/mol. The smallest absolute Gasteiger partial charge is 0.251 e. The Morgan fingerprint density at radius 3 is 2.38 bits per heavy atom. The topological polar surface area (TPSA) is 80.3 Å². The summed E-state index contributed by atoms with van der Waals surface area (Å²) < 4.78 is 31.6. The number of benzene rings is 1. The zero-order valence-corrected chi connectivity index (χ0v) is 14.4. The fraction of sp³-hybridized carbons (Fsp3) is 0.278. The highest BCUT2D eigenvalue weighted by molar-refractivity contribution is 5.96. The van der Waals surface area contributed by atoms with Crippen LogP contribution < -0.4 is 15.4 Å². The number of nitrogens with one attached hydrogen (secondary N) is 2. The molecule has 0 atom stereocenters. The average Bonchev–Trinajstić information content (AvgIpc) is 2.57. The van der Waals surface area contributed by atoms with Crippen molar-refractivity contribution >= 4 is 11.8 Å². The summed E-state index contributed by atoms with van der Waals surface area (Å²) in [4.78, 5) is 27.7. The molecular weight excluding hydrogens is 344 g/mol. The molecule has 0 bridgehead atoms. The Balaban J connectivity index is 1.79. The second-order valence-corrected chi connectivity index (χ2v) is 5.79.